The maximum atomic E-state index is 13.6. The predicted molar refractivity (Wildman–Crippen MR) is 130 cm³/mol. The lowest BCUT2D eigenvalue weighted by molar-refractivity contribution is 0.129. The van der Waals surface area contributed by atoms with Crippen LogP contribution in [0.25, 0.3) is 22.0 Å². The number of halogens is 1. The fourth-order valence-electron chi connectivity index (χ4n) is 4.70. The average Bonchev–Trinajstić information content (AvgIpc) is 2.77. The Labute approximate surface area is 189 Å². The summed E-state index contributed by atoms with van der Waals surface area (Å²) in [6.45, 7) is 11.5. The van der Waals surface area contributed by atoms with Gasteiger partial charge in [-0.3, -0.25) is 9.36 Å². The maximum Gasteiger partial charge on any atom is 0.261 e. The topological polar surface area (TPSA) is 38.1 Å². The average molecular weight is 438 g/mol. The van der Waals surface area contributed by atoms with Crippen molar-refractivity contribution in [1.82, 2.24) is 14.5 Å². The van der Waals surface area contributed by atoms with E-state index in [1.54, 1.807) is 0 Å². The smallest absolute Gasteiger partial charge is 0.261 e. The molecule has 2 heterocycles. The molecule has 0 amide bonds. The van der Waals surface area contributed by atoms with Crippen molar-refractivity contribution in [3.8, 4) is 11.1 Å². The minimum absolute atomic E-state index is 0.0797. The second-order valence-corrected chi connectivity index (χ2v) is 9.50. The molecule has 4 nitrogen and oxygen atoms in total. The van der Waals surface area contributed by atoms with Gasteiger partial charge in [0.15, 0.2) is 0 Å². The third kappa shape index (κ3) is 4.56. The highest BCUT2D eigenvalue weighted by Gasteiger charge is 2.23. The first-order chi connectivity index (χ1) is 14.9. The normalized spacial score (nSPS) is 17.5. The van der Waals surface area contributed by atoms with E-state index in [1.807, 2.05) is 41.8 Å². The highest BCUT2D eigenvalue weighted by atomic mass is 35.5. The molecule has 4 rings (SSSR count). The van der Waals surface area contributed by atoms with Crippen LogP contribution < -0.4 is 5.56 Å². The number of benzene rings is 2. The molecular formula is C26H32ClN3O. The number of piperidine rings is 1. The van der Waals surface area contributed by atoms with Gasteiger partial charge in [0.2, 0.25) is 0 Å². The first-order valence-electron chi connectivity index (χ1n) is 11.4. The zero-order valence-electron chi connectivity index (χ0n) is 19.0. The molecule has 0 N–H and O–H groups in total. The van der Waals surface area contributed by atoms with Crippen LogP contribution in [0.3, 0.4) is 0 Å². The molecule has 31 heavy (non-hydrogen) atoms. The van der Waals surface area contributed by atoms with Gasteiger partial charge in [-0.15, -0.1) is 0 Å². The molecule has 0 unspecified atom stereocenters. The Morgan fingerprint density at radius 3 is 2.61 bits per heavy atom. The Kier molecular flexibility index (Phi) is 6.49. The maximum absolute atomic E-state index is 13.6. The van der Waals surface area contributed by atoms with Crippen molar-refractivity contribution in [2.75, 3.05) is 13.1 Å². The zero-order chi connectivity index (χ0) is 22.1. The summed E-state index contributed by atoms with van der Waals surface area (Å²) in [5, 5.41) is 1.45. The van der Waals surface area contributed by atoms with E-state index in [9.17, 15) is 4.79 Å². The molecule has 0 radical (unpaired) electrons. The summed E-state index contributed by atoms with van der Waals surface area (Å²) in [5.74, 6) is 1.37. The molecule has 2 aromatic carbocycles. The Bertz CT molecular complexity index is 1150. The third-order valence-electron chi connectivity index (χ3n) is 6.56. The lowest BCUT2D eigenvalue weighted by Crippen LogP contribution is -2.42. The molecule has 0 bridgehead atoms. The Balaban J connectivity index is 1.73. The van der Waals surface area contributed by atoms with E-state index in [0.717, 1.165) is 59.1 Å². The largest absolute Gasteiger partial charge is 0.301 e. The van der Waals surface area contributed by atoms with E-state index in [0.29, 0.717) is 17.3 Å². The second kappa shape index (κ2) is 9.13. The summed E-state index contributed by atoms with van der Waals surface area (Å²) < 4.78 is 1.94. The van der Waals surface area contributed by atoms with E-state index in [4.69, 9.17) is 16.6 Å². The van der Waals surface area contributed by atoms with E-state index in [1.165, 1.54) is 12.8 Å². The molecule has 1 aromatic heterocycles. The summed E-state index contributed by atoms with van der Waals surface area (Å²) >= 11 is 6.20. The van der Waals surface area contributed by atoms with Crippen molar-refractivity contribution in [1.29, 1.82) is 0 Å². The monoisotopic (exact) mass is 437 g/mol. The highest BCUT2D eigenvalue weighted by Crippen LogP contribution is 2.27. The van der Waals surface area contributed by atoms with Gasteiger partial charge in [0, 0.05) is 30.6 Å². The minimum atomic E-state index is 0.0797. The number of rotatable bonds is 5. The van der Waals surface area contributed by atoms with Gasteiger partial charge in [0.25, 0.3) is 5.56 Å². The van der Waals surface area contributed by atoms with Crippen LogP contribution in [0.15, 0.2) is 41.2 Å². The SMILES string of the molecule is CCc1nc2ccc(-c3ccc(Cl)c(C)c3)cc2c(=O)n1C[C@H]1CCCN(C(C)C)C1. The number of fused-ring (bicyclic) bond motifs is 1. The van der Waals surface area contributed by atoms with Crippen molar-refractivity contribution < 1.29 is 0 Å². The van der Waals surface area contributed by atoms with Crippen LogP contribution in [0.1, 0.15) is 45.0 Å². The van der Waals surface area contributed by atoms with Crippen molar-refractivity contribution in [2.24, 2.45) is 5.92 Å². The number of hydrogen-bond donors (Lipinski definition) is 0. The lowest BCUT2D eigenvalue weighted by atomic mass is 9.96. The number of nitrogens with zero attached hydrogens (tertiary/aromatic N) is 3. The van der Waals surface area contributed by atoms with Crippen LogP contribution >= 0.6 is 11.6 Å². The van der Waals surface area contributed by atoms with Crippen molar-refractivity contribution >= 4 is 22.5 Å². The van der Waals surface area contributed by atoms with Gasteiger partial charge < -0.3 is 4.90 Å². The van der Waals surface area contributed by atoms with Crippen LogP contribution in [-0.4, -0.2) is 33.6 Å². The number of aryl methyl sites for hydroxylation is 2. The van der Waals surface area contributed by atoms with Gasteiger partial charge in [-0.05, 0) is 87.0 Å². The highest BCUT2D eigenvalue weighted by molar-refractivity contribution is 6.31. The van der Waals surface area contributed by atoms with Crippen LogP contribution in [0.5, 0.6) is 0 Å². The molecule has 0 spiro atoms. The van der Waals surface area contributed by atoms with Crippen LogP contribution in [0.2, 0.25) is 5.02 Å². The van der Waals surface area contributed by atoms with Gasteiger partial charge in [0.1, 0.15) is 5.82 Å². The summed E-state index contributed by atoms with van der Waals surface area (Å²) in [5.41, 5.74) is 3.97. The third-order valence-corrected chi connectivity index (χ3v) is 6.99. The summed E-state index contributed by atoms with van der Waals surface area (Å²) in [6.07, 6.45) is 3.12. The Morgan fingerprint density at radius 2 is 1.90 bits per heavy atom. The van der Waals surface area contributed by atoms with Gasteiger partial charge in [-0.2, -0.15) is 0 Å². The molecular weight excluding hydrogens is 406 g/mol. The molecule has 1 saturated heterocycles. The Morgan fingerprint density at radius 1 is 1.16 bits per heavy atom. The van der Waals surface area contributed by atoms with Gasteiger partial charge >= 0.3 is 0 Å². The first kappa shape index (κ1) is 22.0. The van der Waals surface area contributed by atoms with Gasteiger partial charge in [-0.1, -0.05) is 30.7 Å². The molecule has 0 aliphatic carbocycles. The molecule has 1 fully saturated rings. The van der Waals surface area contributed by atoms with Crippen LogP contribution in [-0.2, 0) is 13.0 Å². The van der Waals surface area contributed by atoms with E-state index in [2.05, 4.69) is 31.7 Å². The molecule has 1 aliphatic rings. The molecule has 1 atom stereocenters. The van der Waals surface area contributed by atoms with Gasteiger partial charge in [-0.25, -0.2) is 4.98 Å². The zero-order valence-corrected chi connectivity index (χ0v) is 19.7. The fraction of sp³-hybridized carbons (Fsp3) is 0.462. The molecule has 3 aromatic rings. The number of hydrogen-bond acceptors (Lipinski definition) is 3. The lowest BCUT2D eigenvalue weighted by Gasteiger charge is -2.35. The molecule has 164 valence electrons. The second-order valence-electron chi connectivity index (χ2n) is 9.09. The Hall–Kier alpha value is -2.17. The molecule has 0 saturated carbocycles. The van der Waals surface area contributed by atoms with Crippen molar-refractivity contribution in [2.45, 2.75) is 59.5 Å². The summed E-state index contributed by atoms with van der Waals surface area (Å²) in [7, 11) is 0. The van der Waals surface area contributed by atoms with E-state index < -0.39 is 0 Å². The van der Waals surface area contributed by atoms with Gasteiger partial charge in [0.05, 0.1) is 10.9 Å². The molecule has 5 heteroatoms. The molecule has 1 aliphatic heterocycles. The van der Waals surface area contributed by atoms with E-state index >= 15 is 0 Å². The predicted octanol–water partition coefficient (Wildman–Crippen LogP) is 5.71. The minimum Gasteiger partial charge on any atom is -0.301 e. The van der Waals surface area contributed by atoms with E-state index in [-0.39, 0.29) is 5.56 Å². The number of likely N-dealkylation sites (tertiary alicyclic amines) is 1. The number of aromatic nitrogens is 2. The fourth-order valence-corrected chi connectivity index (χ4v) is 4.82. The van der Waals surface area contributed by atoms with Crippen molar-refractivity contribution in [3.63, 3.8) is 0 Å². The summed E-state index contributed by atoms with van der Waals surface area (Å²) in [6, 6.07) is 12.5. The van der Waals surface area contributed by atoms with Crippen LogP contribution in [0, 0.1) is 12.8 Å². The quantitative estimate of drug-likeness (QED) is 0.513. The van der Waals surface area contributed by atoms with Crippen molar-refractivity contribution in [3.05, 3.63) is 63.2 Å². The van der Waals surface area contributed by atoms with Crippen LogP contribution in [0.4, 0.5) is 0 Å². The summed E-state index contributed by atoms with van der Waals surface area (Å²) in [4.78, 5) is 21.0. The first-order valence-corrected chi connectivity index (χ1v) is 11.8. The standard InChI is InChI=1S/C26H32ClN3O/c1-5-25-28-24-11-9-21(20-8-10-23(27)18(4)13-20)14-22(24)26(31)30(25)16-19-7-6-12-29(15-19)17(2)3/h8-11,13-14,17,19H,5-7,12,15-16H2,1-4H3/t19-/m0/s1.